The molecule has 1 unspecified atom stereocenters. The van der Waals surface area contributed by atoms with Gasteiger partial charge in [0.05, 0.1) is 6.10 Å². The summed E-state index contributed by atoms with van der Waals surface area (Å²) in [5.74, 6) is -0.380. The van der Waals surface area contributed by atoms with Crippen molar-refractivity contribution in [3.8, 4) is 0 Å². The summed E-state index contributed by atoms with van der Waals surface area (Å²) in [5, 5.41) is 9.56. The molecule has 0 heterocycles. The zero-order valence-electron chi connectivity index (χ0n) is 7.31. The normalized spacial score (nSPS) is 12.4. The van der Waals surface area contributed by atoms with Crippen LogP contribution in [0.3, 0.4) is 0 Å². The van der Waals surface area contributed by atoms with E-state index in [0.29, 0.717) is 6.42 Å². The van der Waals surface area contributed by atoms with Crippen molar-refractivity contribution in [3.63, 3.8) is 0 Å². The van der Waals surface area contributed by atoms with Gasteiger partial charge < -0.3 is 10.8 Å². The summed E-state index contributed by atoms with van der Waals surface area (Å²) in [4.78, 5) is 10.4. The summed E-state index contributed by atoms with van der Waals surface area (Å²) in [6.07, 6.45) is 0.0174. The number of rotatable bonds is 4. The number of carbonyl (C=O) groups is 1. The van der Waals surface area contributed by atoms with Gasteiger partial charge in [-0.15, -0.1) is 0 Å². The van der Waals surface area contributed by atoms with E-state index < -0.39 is 6.10 Å². The summed E-state index contributed by atoms with van der Waals surface area (Å²) >= 11 is 0. The molecule has 0 fully saturated rings. The molecule has 0 aliphatic carbocycles. The summed E-state index contributed by atoms with van der Waals surface area (Å²) in [6, 6.07) is 9.23. The van der Waals surface area contributed by atoms with Crippen LogP contribution in [0.15, 0.2) is 30.3 Å². The largest absolute Gasteiger partial charge is 0.388 e. The molecule has 1 amide bonds. The first-order valence-electron chi connectivity index (χ1n) is 4.21. The molecule has 0 aliphatic heterocycles. The van der Waals surface area contributed by atoms with Crippen LogP contribution in [0, 0.1) is 0 Å². The lowest BCUT2D eigenvalue weighted by Crippen LogP contribution is -2.11. The molecule has 3 N–H and O–H groups in total. The number of primary amides is 1. The van der Waals surface area contributed by atoms with E-state index in [1.165, 1.54) is 0 Å². The van der Waals surface area contributed by atoms with Crippen LogP contribution in [0.25, 0.3) is 0 Å². The lowest BCUT2D eigenvalue weighted by Gasteiger charge is -2.08. The Hall–Kier alpha value is -1.35. The molecule has 1 atom stereocenters. The molecular weight excluding hydrogens is 166 g/mol. The topological polar surface area (TPSA) is 63.3 Å². The Morgan fingerprint density at radius 1 is 1.38 bits per heavy atom. The minimum absolute atomic E-state index is 0.218. The second kappa shape index (κ2) is 4.62. The molecule has 0 bridgehead atoms. The Morgan fingerprint density at radius 3 is 2.54 bits per heavy atom. The van der Waals surface area contributed by atoms with Gasteiger partial charge in [0, 0.05) is 6.42 Å². The maximum absolute atomic E-state index is 10.4. The smallest absolute Gasteiger partial charge is 0.217 e. The predicted molar refractivity (Wildman–Crippen MR) is 49.8 cm³/mol. The van der Waals surface area contributed by atoms with E-state index in [0.717, 1.165) is 5.56 Å². The summed E-state index contributed by atoms with van der Waals surface area (Å²) in [7, 11) is 0. The molecule has 0 saturated heterocycles. The lowest BCUT2D eigenvalue weighted by molar-refractivity contribution is -0.118. The van der Waals surface area contributed by atoms with Gasteiger partial charge in [-0.1, -0.05) is 30.3 Å². The quantitative estimate of drug-likeness (QED) is 0.723. The molecule has 0 aromatic heterocycles. The number of nitrogens with two attached hydrogens (primary N) is 1. The Bertz CT molecular complexity index is 272. The van der Waals surface area contributed by atoms with Crippen LogP contribution in [-0.2, 0) is 4.79 Å². The van der Waals surface area contributed by atoms with Crippen molar-refractivity contribution in [3.05, 3.63) is 35.9 Å². The molecule has 70 valence electrons. The second-order valence-corrected chi connectivity index (χ2v) is 2.93. The van der Waals surface area contributed by atoms with Crippen LogP contribution < -0.4 is 5.73 Å². The fraction of sp³-hybridized carbons (Fsp3) is 0.300. The highest BCUT2D eigenvalue weighted by Crippen LogP contribution is 2.16. The highest BCUT2D eigenvalue weighted by Gasteiger charge is 2.07. The van der Waals surface area contributed by atoms with Crippen LogP contribution in [0.5, 0.6) is 0 Å². The number of amides is 1. The molecule has 0 spiro atoms. The summed E-state index contributed by atoms with van der Waals surface area (Å²) in [6.45, 7) is 0. The Morgan fingerprint density at radius 2 is 2.00 bits per heavy atom. The second-order valence-electron chi connectivity index (χ2n) is 2.93. The van der Waals surface area contributed by atoms with Crippen LogP contribution in [0.4, 0.5) is 0 Å². The van der Waals surface area contributed by atoms with Crippen molar-refractivity contribution >= 4 is 5.91 Å². The molecule has 0 saturated carbocycles. The summed E-state index contributed by atoms with van der Waals surface area (Å²) < 4.78 is 0. The average Bonchev–Trinajstić information content (AvgIpc) is 2.15. The van der Waals surface area contributed by atoms with Gasteiger partial charge in [-0.3, -0.25) is 4.79 Å². The molecule has 0 aliphatic rings. The minimum atomic E-state index is -0.589. The monoisotopic (exact) mass is 179 g/mol. The van der Waals surface area contributed by atoms with Gasteiger partial charge in [-0.2, -0.15) is 0 Å². The van der Waals surface area contributed by atoms with E-state index in [2.05, 4.69) is 0 Å². The van der Waals surface area contributed by atoms with E-state index in [4.69, 9.17) is 5.73 Å². The standard InChI is InChI=1S/C10H13NO2/c11-10(13)7-6-9(12)8-4-2-1-3-5-8/h1-5,9,12H,6-7H2,(H2,11,13). The van der Waals surface area contributed by atoms with Crippen LogP contribution in [-0.4, -0.2) is 11.0 Å². The predicted octanol–water partition coefficient (Wildman–Crippen LogP) is 0.986. The molecule has 1 rings (SSSR count). The Labute approximate surface area is 77.2 Å². The van der Waals surface area contributed by atoms with Gasteiger partial charge in [0.2, 0.25) is 5.91 Å². The van der Waals surface area contributed by atoms with Crippen molar-refractivity contribution in [1.29, 1.82) is 0 Å². The first-order chi connectivity index (χ1) is 6.20. The third-order valence-corrected chi connectivity index (χ3v) is 1.85. The molecule has 1 aromatic carbocycles. The van der Waals surface area contributed by atoms with Crippen molar-refractivity contribution in [1.82, 2.24) is 0 Å². The van der Waals surface area contributed by atoms with Crippen molar-refractivity contribution in [2.45, 2.75) is 18.9 Å². The number of aliphatic hydroxyl groups excluding tert-OH is 1. The molecule has 13 heavy (non-hydrogen) atoms. The fourth-order valence-corrected chi connectivity index (χ4v) is 1.12. The SMILES string of the molecule is NC(=O)CCC(O)c1ccccc1. The van der Waals surface area contributed by atoms with Gasteiger partial charge in [0.1, 0.15) is 0 Å². The third-order valence-electron chi connectivity index (χ3n) is 1.85. The number of hydrogen-bond donors (Lipinski definition) is 2. The van der Waals surface area contributed by atoms with Crippen LogP contribution in [0.2, 0.25) is 0 Å². The Kier molecular flexibility index (Phi) is 3.46. The van der Waals surface area contributed by atoms with E-state index in [1.807, 2.05) is 30.3 Å². The molecule has 3 heteroatoms. The third kappa shape index (κ3) is 3.25. The zero-order chi connectivity index (χ0) is 9.68. The van der Waals surface area contributed by atoms with E-state index in [9.17, 15) is 9.90 Å². The fourth-order valence-electron chi connectivity index (χ4n) is 1.12. The van der Waals surface area contributed by atoms with Gasteiger partial charge in [-0.05, 0) is 12.0 Å². The van der Waals surface area contributed by atoms with Gasteiger partial charge in [0.15, 0.2) is 0 Å². The van der Waals surface area contributed by atoms with Crippen molar-refractivity contribution < 1.29 is 9.90 Å². The van der Waals surface area contributed by atoms with Gasteiger partial charge >= 0.3 is 0 Å². The lowest BCUT2D eigenvalue weighted by atomic mass is 10.1. The zero-order valence-corrected chi connectivity index (χ0v) is 7.31. The number of hydrogen-bond acceptors (Lipinski definition) is 2. The molecular formula is C10H13NO2. The first kappa shape index (κ1) is 9.74. The molecule has 3 nitrogen and oxygen atoms in total. The highest BCUT2D eigenvalue weighted by molar-refractivity contribution is 5.73. The average molecular weight is 179 g/mol. The maximum Gasteiger partial charge on any atom is 0.217 e. The van der Waals surface area contributed by atoms with E-state index in [1.54, 1.807) is 0 Å². The van der Waals surface area contributed by atoms with Crippen molar-refractivity contribution in [2.24, 2.45) is 5.73 Å². The van der Waals surface area contributed by atoms with Gasteiger partial charge in [0.25, 0.3) is 0 Å². The number of carbonyl (C=O) groups excluding carboxylic acids is 1. The number of benzene rings is 1. The number of aliphatic hydroxyl groups is 1. The van der Waals surface area contributed by atoms with Crippen molar-refractivity contribution in [2.75, 3.05) is 0 Å². The van der Waals surface area contributed by atoms with E-state index >= 15 is 0 Å². The molecule has 0 radical (unpaired) electrons. The minimum Gasteiger partial charge on any atom is -0.388 e. The first-order valence-corrected chi connectivity index (χ1v) is 4.21. The maximum atomic E-state index is 10.4. The van der Waals surface area contributed by atoms with Crippen LogP contribution in [0.1, 0.15) is 24.5 Å². The van der Waals surface area contributed by atoms with Crippen LogP contribution >= 0.6 is 0 Å². The Balaban J connectivity index is 2.49. The summed E-state index contributed by atoms with van der Waals surface area (Å²) in [5.41, 5.74) is 5.79. The van der Waals surface area contributed by atoms with Gasteiger partial charge in [-0.25, -0.2) is 0 Å². The van der Waals surface area contributed by atoms with E-state index in [-0.39, 0.29) is 12.3 Å². The highest BCUT2D eigenvalue weighted by atomic mass is 16.3. The molecule has 1 aromatic rings.